The van der Waals surface area contributed by atoms with Crippen molar-refractivity contribution in [2.45, 2.75) is 12.0 Å². The number of nitro groups is 1. The van der Waals surface area contributed by atoms with Gasteiger partial charge < -0.3 is 10.1 Å². The first-order valence-corrected chi connectivity index (χ1v) is 7.71. The van der Waals surface area contributed by atoms with Crippen LogP contribution in [0.4, 0.5) is 5.69 Å². The van der Waals surface area contributed by atoms with Gasteiger partial charge >= 0.3 is 0 Å². The molecule has 22 heavy (non-hydrogen) atoms. The number of nitrogens with one attached hydrogen (secondary N) is 1. The van der Waals surface area contributed by atoms with E-state index in [1.807, 2.05) is 42.5 Å². The Hall–Kier alpha value is -2.08. The van der Waals surface area contributed by atoms with Crippen LogP contribution in [-0.4, -0.2) is 24.6 Å². The Morgan fingerprint density at radius 1 is 1.32 bits per heavy atom. The number of hydrogen-bond donors (Lipinski definition) is 1. The van der Waals surface area contributed by atoms with Crippen molar-refractivity contribution in [1.82, 2.24) is 0 Å². The van der Waals surface area contributed by atoms with Crippen molar-refractivity contribution in [3.05, 3.63) is 68.2 Å². The van der Waals surface area contributed by atoms with Crippen LogP contribution >= 0.6 is 15.9 Å². The molecule has 2 aromatic rings. The van der Waals surface area contributed by atoms with Gasteiger partial charge in [-0.25, -0.2) is 0 Å². The molecule has 2 atom stereocenters. The molecule has 5 nitrogen and oxygen atoms in total. The molecule has 1 aliphatic rings. The molecule has 0 aliphatic carbocycles. The van der Waals surface area contributed by atoms with Crippen molar-refractivity contribution >= 4 is 21.6 Å². The minimum Gasteiger partial charge on any atom is -0.497 e. The normalized spacial score (nSPS) is 19.9. The fourth-order valence-corrected chi connectivity index (χ4v) is 3.47. The van der Waals surface area contributed by atoms with E-state index in [2.05, 4.69) is 21.2 Å². The van der Waals surface area contributed by atoms with Crippen LogP contribution < -0.4 is 10.1 Å². The molecule has 6 heteroatoms. The van der Waals surface area contributed by atoms with Gasteiger partial charge in [0.15, 0.2) is 0 Å². The van der Waals surface area contributed by atoms with E-state index in [0.717, 1.165) is 21.3 Å². The number of benzene rings is 2. The minimum atomic E-state index is -0.714. The van der Waals surface area contributed by atoms with E-state index in [9.17, 15) is 10.1 Å². The second kappa shape index (κ2) is 5.96. The van der Waals surface area contributed by atoms with Crippen LogP contribution in [0.15, 0.2) is 46.9 Å². The van der Waals surface area contributed by atoms with Crippen LogP contribution in [0.5, 0.6) is 5.75 Å². The van der Waals surface area contributed by atoms with Gasteiger partial charge in [0.2, 0.25) is 6.04 Å². The smallest absolute Gasteiger partial charge is 0.240 e. The lowest BCUT2D eigenvalue weighted by molar-refractivity contribution is -0.521. The van der Waals surface area contributed by atoms with Crippen LogP contribution in [0.1, 0.15) is 17.0 Å². The standard InChI is InChI=1S/C16H15BrN2O3/c1-22-11-5-2-4-10(8-11)15-12-6-3-7-13(17)16(12)18-9-14(15)19(20)21/h2-8,14-15,18H,9H2,1H3/t14-,15-/m1/s1. The highest BCUT2D eigenvalue weighted by atomic mass is 79.9. The molecule has 1 aliphatic heterocycles. The first kappa shape index (κ1) is 14.8. The predicted molar refractivity (Wildman–Crippen MR) is 88.3 cm³/mol. The zero-order chi connectivity index (χ0) is 15.7. The van der Waals surface area contributed by atoms with E-state index < -0.39 is 6.04 Å². The molecule has 0 saturated carbocycles. The molecule has 1 heterocycles. The maximum atomic E-state index is 11.5. The van der Waals surface area contributed by atoms with E-state index >= 15 is 0 Å². The van der Waals surface area contributed by atoms with Crippen molar-refractivity contribution in [2.24, 2.45) is 0 Å². The lowest BCUT2D eigenvalue weighted by atomic mass is 9.82. The summed E-state index contributed by atoms with van der Waals surface area (Å²) in [5.74, 6) is 0.397. The molecular weight excluding hydrogens is 348 g/mol. The van der Waals surface area contributed by atoms with E-state index in [4.69, 9.17) is 4.74 Å². The highest BCUT2D eigenvalue weighted by Gasteiger charge is 2.39. The summed E-state index contributed by atoms with van der Waals surface area (Å²) in [6.07, 6.45) is 0. The van der Waals surface area contributed by atoms with Gasteiger partial charge in [-0.05, 0) is 45.3 Å². The molecule has 1 N–H and O–H groups in total. The second-order valence-corrected chi connectivity index (χ2v) is 6.05. The topological polar surface area (TPSA) is 64.4 Å². The molecule has 0 saturated heterocycles. The van der Waals surface area contributed by atoms with Gasteiger partial charge in [0, 0.05) is 9.40 Å². The molecule has 114 valence electrons. The zero-order valence-corrected chi connectivity index (χ0v) is 13.5. The second-order valence-electron chi connectivity index (χ2n) is 5.19. The van der Waals surface area contributed by atoms with E-state index in [1.54, 1.807) is 7.11 Å². The quantitative estimate of drug-likeness (QED) is 0.668. The Morgan fingerprint density at radius 3 is 2.82 bits per heavy atom. The van der Waals surface area contributed by atoms with Crippen LogP contribution in [0.3, 0.4) is 0 Å². The summed E-state index contributed by atoms with van der Waals surface area (Å²) in [6.45, 7) is 0.296. The molecular formula is C16H15BrN2O3. The summed E-state index contributed by atoms with van der Waals surface area (Å²) in [5, 5.41) is 14.7. The molecule has 0 bridgehead atoms. The van der Waals surface area contributed by atoms with E-state index in [1.165, 1.54) is 0 Å². The lowest BCUT2D eigenvalue weighted by Crippen LogP contribution is -2.39. The number of nitrogens with zero attached hydrogens (tertiary/aromatic N) is 1. The first-order chi connectivity index (χ1) is 10.6. The third-order valence-corrected chi connectivity index (χ3v) is 4.64. The molecule has 0 amide bonds. The summed E-state index contributed by atoms with van der Waals surface area (Å²) in [7, 11) is 1.59. The highest BCUT2D eigenvalue weighted by molar-refractivity contribution is 9.10. The third-order valence-electron chi connectivity index (χ3n) is 3.98. The lowest BCUT2D eigenvalue weighted by Gasteiger charge is -2.30. The largest absolute Gasteiger partial charge is 0.497 e. The summed E-state index contributed by atoms with van der Waals surface area (Å²) in [4.78, 5) is 11.3. The van der Waals surface area contributed by atoms with Crippen LogP contribution in [-0.2, 0) is 0 Å². The van der Waals surface area contributed by atoms with E-state index in [0.29, 0.717) is 12.3 Å². The Labute approximate surface area is 136 Å². The fraction of sp³-hybridized carbons (Fsp3) is 0.250. The van der Waals surface area contributed by atoms with Crippen molar-refractivity contribution in [1.29, 1.82) is 0 Å². The molecule has 0 aromatic heterocycles. The molecule has 0 fully saturated rings. The van der Waals surface area contributed by atoms with Gasteiger partial charge in [0.1, 0.15) is 5.75 Å². The van der Waals surface area contributed by atoms with Crippen molar-refractivity contribution in [3.8, 4) is 5.75 Å². The Balaban J connectivity index is 2.16. The van der Waals surface area contributed by atoms with Crippen molar-refractivity contribution in [3.63, 3.8) is 0 Å². The average Bonchev–Trinajstić information content (AvgIpc) is 2.54. The number of methoxy groups -OCH3 is 1. The summed E-state index contributed by atoms with van der Waals surface area (Å²) < 4.78 is 6.17. The Kier molecular flexibility index (Phi) is 4.02. The summed E-state index contributed by atoms with van der Waals surface area (Å²) in [6, 6.07) is 12.6. The van der Waals surface area contributed by atoms with Crippen LogP contribution in [0.2, 0.25) is 0 Å². The number of ether oxygens (including phenoxy) is 1. The zero-order valence-electron chi connectivity index (χ0n) is 12.0. The SMILES string of the molecule is COc1cccc([C@@H]2c3cccc(Br)c3NC[C@H]2[N+](=O)[O-])c1. The molecule has 0 radical (unpaired) electrons. The van der Waals surface area contributed by atoms with Gasteiger partial charge in [0.05, 0.1) is 25.3 Å². The molecule has 3 rings (SSSR count). The average molecular weight is 363 g/mol. The summed E-state index contributed by atoms with van der Waals surface area (Å²) >= 11 is 3.51. The molecule has 0 unspecified atom stereocenters. The van der Waals surface area contributed by atoms with Gasteiger partial charge in [-0.1, -0.05) is 24.3 Å². The highest BCUT2D eigenvalue weighted by Crippen LogP contribution is 2.41. The van der Waals surface area contributed by atoms with Gasteiger partial charge in [-0.3, -0.25) is 10.1 Å². The number of anilines is 1. The minimum absolute atomic E-state index is 0.207. The first-order valence-electron chi connectivity index (χ1n) is 6.91. The van der Waals surface area contributed by atoms with Gasteiger partial charge in [0.25, 0.3) is 0 Å². The van der Waals surface area contributed by atoms with Crippen molar-refractivity contribution in [2.75, 3.05) is 19.0 Å². The summed E-state index contributed by atoms with van der Waals surface area (Å²) in [5.41, 5.74) is 2.74. The third kappa shape index (κ3) is 2.54. The van der Waals surface area contributed by atoms with Gasteiger partial charge in [-0.2, -0.15) is 0 Å². The van der Waals surface area contributed by atoms with Crippen LogP contribution in [0, 0.1) is 10.1 Å². The number of rotatable bonds is 3. The maximum Gasteiger partial charge on any atom is 0.240 e. The number of hydrogen-bond acceptors (Lipinski definition) is 4. The monoisotopic (exact) mass is 362 g/mol. The fourth-order valence-electron chi connectivity index (χ4n) is 2.95. The number of fused-ring (bicyclic) bond motifs is 1. The van der Waals surface area contributed by atoms with Crippen molar-refractivity contribution < 1.29 is 9.66 Å². The molecule has 0 spiro atoms. The Bertz CT molecular complexity index is 720. The Morgan fingerprint density at radius 2 is 2.09 bits per heavy atom. The predicted octanol–water partition coefficient (Wildman–Crippen LogP) is 3.66. The number of para-hydroxylation sites is 1. The molecule has 2 aromatic carbocycles. The van der Waals surface area contributed by atoms with Gasteiger partial charge in [-0.15, -0.1) is 0 Å². The van der Waals surface area contributed by atoms with Crippen LogP contribution in [0.25, 0.3) is 0 Å². The van der Waals surface area contributed by atoms with E-state index in [-0.39, 0.29) is 10.8 Å². The maximum absolute atomic E-state index is 11.5. The number of halogens is 1.